The van der Waals surface area contributed by atoms with Crippen LogP contribution in [0.1, 0.15) is 23.6 Å². The van der Waals surface area contributed by atoms with E-state index in [1.165, 1.54) is 31.4 Å². The van der Waals surface area contributed by atoms with E-state index < -0.39 is 27.9 Å². The fourth-order valence-electron chi connectivity index (χ4n) is 3.08. The summed E-state index contributed by atoms with van der Waals surface area (Å²) in [4.78, 5) is 12.1. The first-order valence-electron chi connectivity index (χ1n) is 9.43. The fraction of sp³-hybridized carbons (Fsp3) is 0.238. The summed E-state index contributed by atoms with van der Waals surface area (Å²) >= 11 is 12.2. The number of methoxy groups -OCH3 is 2. The van der Waals surface area contributed by atoms with E-state index in [9.17, 15) is 17.6 Å². The van der Waals surface area contributed by atoms with Crippen molar-refractivity contribution >= 4 is 45.0 Å². The molecule has 1 atom stereocenters. The molecule has 0 radical (unpaired) electrons. The average Bonchev–Trinajstić information content (AvgIpc) is 2.79. The molecule has 0 saturated heterocycles. The highest BCUT2D eigenvalue weighted by Gasteiger charge is 2.33. The normalized spacial score (nSPS) is 17.5. The molecule has 0 spiro atoms. The molecular weight excluding hydrogens is 498 g/mol. The van der Waals surface area contributed by atoms with Gasteiger partial charge in [0, 0.05) is 12.0 Å². The Morgan fingerprint density at radius 3 is 2.42 bits per heavy atom. The number of allylic oxidation sites excluding steroid dienone is 1. The molecule has 2 aromatic carbocycles. The quantitative estimate of drug-likeness (QED) is 0.452. The van der Waals surface area contributed by atoms with Crippen LogP contribution in [0.5, 0.6) is 5.75 Å². The summed E-state index contributed by atoms with van der Waals surface area (Å²) in [6.45, 7) is 1.80. The number of benzene rings is 2. The zero-order chi connectivity index (χ0) is 24.3. The van der Waals surface area contributed by atoms with Gasteiger partial charge >= 0.3 is 16.1 Å². The van der Waals surface area contributed by atoms with Crippen molar-refractivity contribution in [3.05, 3.63) is 69.1 Å². The van der Waals surface area contributed by atoms with E-state index in [4.69, 9.17) is 37.0 Å². The zero-order valence-corrected chi connectivity index (χ0v) is 20.0. The van der Waals surface area contributed by atoms with Crippen molar-refractivity contribution < 1.29 is 31.4 Å². The predicted molar refractivity (Wildman–Crippen MR) is 120 cm³/mol. The molecule has 0 aliphatic carbocycles. The number of esters is 1. The first-order valence-corrected chi connectivity index (χ1v) is 11.6. The van der Waals surface area contributed by atoms with Crippen LogP contribution in [0.4, 0.5) is 4.39 Å². The van der Waals surface area contributed by atoms with Gasteiger partial charge in [-0.05, 0) is 25.1 Å². The maximum absolute atomic E-state index is 15.0. The Balaban J connectivity index is 2.01. The number of rotatable bonds is 6. The SMILES string of the molecule is COC(=O)C1=C(Cl)C(=NOS(=O)(=O)c2ccc(C)cc2)CC(c2ccc(Cl)c(OC)c2F)N1. The van der Waals surface area contributed by atoms with E-state index in [2.05, 4.69) is 10.5 Å². The number of nitrogens with zero attached hydrogens (tertiary/aromatic N) is 1. The standard InChI is InChI=1S/C21H19Cl2FN2O6S/c1-11-4-6-12(7-5-11)33(28,29)32-26-16-10-15(25-19(17(16)23)21(27)31-3)13-8-9-14(22)20(30-2)18(13)24/h4-9,15,25H,10H2,1-3H3. The number of nitrogens with one attached hydrogen (secondary N) is 1. The van der Waals surface area contributed by atoms with Crippen molar-refractivity contribution in [2.45, 2.75) is 24.3 Å². The van der Waals surface area contributed by atoms with Gasteiger partial charge in [0.15, 0.2) is 11.6 Å². The Bertz CT molecular complexity index is 1250. The number of oxime groups is 1. The zero-order valence-electron chi connectivity index (χ0n) is 17.7. The average molecular weight is 517 g/mol. The Kier molecular flexibility index (Phi) is 7.51. The summed E-state index contributed by atoms with van der Waals surface area (Å²) in [5.74, 6) is -1.81. The molecule has 0 bridgehead atoms. The van der Waals surface area contributed by atoms with Gasteiger partial charge in [0.25, 0.3) is 0 Å². The Hall–Kier alpha value is -2.82. The van der Waals surface area contributed by atoms with Crippen LogP contribution < -0.4 is 10.1 Å². The number of carbonyl (C=O) groups is 1. The van der Waals surface area contributed by atoms with Crippen LogP contribution in [0.2, 0.25) is 5.02 Å². The third-order valence-electron chi connectivity index (χ3n) is 4.79. The highest BCUT2D eigenvalue weighted by molar-refractivity contribution is 7.86. The van der Waals surface area contributed by atoms with Crippen LogP contribution in [0.3, 0.4) is 0 Å². The number of hydrogen-bond donors (Lipinski definition) is 1. The molecule has 0 saturated carbocycles. The smallest absolute Gasteiger partial charge is 0.358 e. The Labute approximate surface area is 200 Å². The van der Waals surface area contributed by atoms with Crippen LogP contribution in [-0.2, 0) is 23.9 Å². The summed E-state index contributed by atoms with van der Waals surface area (Å²) in [5, 5.41) is 6.30. The van der Waals surface area contributed by atoms with Crippen molar-refractivity contribution in [3.63, 3.8) is 0 Å². The third kappa shape index (κ3) is 5.23. The molecule has 0 amide bonds. The van der Waals surface area contributed by atoms with Crippen LogP contribution in [0.25, 0.3) is 0 Å². The minimum atomic E-state index is -4.27. The van der Waals surface area contributed by atoms with Crippen LogP contribution in [0.15, 0.2) is 57.2 Å². The first-order chi connectivity index (χ1) is 15.6. The molecule has 33 heavy (non-hydrogen) atoms. The van der Waals surface area contributed by atoms with Crippen molar-refractivity contribution in [1.82, 2.24) is 5.32 Å². The van der Waals surface area contributed by atoms with Gasteiger partial charge in [0.05, 0.1) is 30.3 Å². The molecule has 176 valence electrons. The molecular formula is C21H19Cl2FN2O6S. The molecule has 0 aromatic heterocycles. The van der Waals surface area contributed by atoms with Gasteiger partial charge in [0.2, 0.25) is 0 Å². The summed E-state index contributed by atoms with van der Waals surface area (Å²) in [6.07, 6.45) is -0.121. The molecule has 12 heteroatoms. The lowest BCUT2D eigenvalue weighted by Gasteiger charge is -2.28. The molecule has 1 aliphatic heterocycles. The maximum Gasteiger partial charge on any atom is 0.358 e. The highest BCUT2D eigenvalue weighted by atomic mass is 35.5. The number of carbonyl (C=O) groups excluding carboxylic acids is 1. The van der Waals surface area contributed by atoms with Gasteiger partial charge in [-0.1, -0.05) is 52.1 Å². The van der Waals surface area contributed by atoms with Gasteiger partial charge in [-0.2, -0.15) is 8.42 Å². The van der Waals surface area contributed by atoms with Gasteiger partial charge in [-0.25, -0.2) is 9.18 Å². The van der Waals surface area contributed by atoms with E-state index in [1.54, 1.807) is 19.1 Å². The summed E-state index contributed by atoms with van der Waals surface area (Å²) in [6, 6.07) is 7.86. The summed E-state index contributed by atoms with van der Waals surface area (Å²) in [7, 11) is -1.88. The van der Waals surface area contributed by atoms with Gasteiger partial charge in [-0.3, -0.25) is 4.28 Å². The highest BCUT2D eigenvalue weighted by Crippen LogP contribution is 2.36. The Morgan fingerprint density at radius 2 is 1.82 bits per heavy atom. The largest absolute Gasteiger partial charge is 0.492 e. The van der Waals surface area contributed by atoms with Crippen molar-refractivity contribution in [1.29, 1.82) is 0 Å². The molecule has 1 heterocycles. The van der Waals surface area contributed by atoms with Gasteiger partial charge in [0.1, 0.15) is 16.3 Å². The number of hydrogen-bond acceptors (Lipinski definition) is 8. The molecule has 3 rings (SSSR count). The van der Waals surface area contributed by atoms with Crippen molar-refractivity contribution in [2.75, 3.05) is 14.2 Å². The number of ether oxygens (including phenoxy) is 2. The predicted octanol–water partition coefficient (Wildman–Crippen LogP) is 4.22. The molecule has 1 unspecified atom stereocenters. The van der Waals surface area contributed by atoms with Gasteiger partial charge in [-0.15, -0.1) is 0 Å². The van der Waals surface area contributed by atoms with Crippen molar-refractivity contribution in [3.8, 4) is 5.75 Å². The van der Waals surface area contributed by atoms with Crippen LogP contribution in [0, 0.1) is 12.7 Å². The van der Waals surface area contributed by atoms with Crippen LogP contribution in [-0.4, -0.2) is 34.3 Å². The summed E-state index contributed by atoms with van der Waals surface area (Å²) in [5.41, 5.74) is 0.593. The van der Waals surface area contributed by atoms with E-state index >= 15 is 0 Å². The van der Waals surface area contributed by atoms with Crippen LogP contribution >= 0.6 is 23.2 Å². The molecule has 1 N–H and O–H groups in total. The first kappa shape index (κ1) is 24.8. The van der Waals surface area contributed by atoms with E-state index in [1.807, 2.05) is 0 Å². The third-order valence-corrected chi connectivity index (χ3v) is 6.62. The summed E-state index contributed by atoms with van der Waals surface area (Å²) < 4.78 is 54.6. The van der Waals surface area contributed by atoms with E-state index in [0.29, 0.717) is 0 Å². The topological polar surface area (TPSA) is 103 Å². The number of halogens is 3. The van der Waals surface area contributed by atoms with E-state index in [0.717, 1.165) is 12.7 Å². The molecule has 2 aromatic rings. The monoisotopic (exact) mass is 516 g/mol. The maximum atomic E-state index is 15.0. The lowest BCUT2D eigenvalue weighted by Crippen LogP contribution is -2.35. The second kappa shape index (κ2) is 9.98. The second-order valence-corrected chi connectivity index (χ2v) is 9.26. The van der Waals surface area contributed by atoms with Crippen molar-refractivity contribution in [2.24, 2.45) is 5.16 Å². The molecule has 8 nitrogen and oxygen atoms in total. The minimum absolute atomic E-state index is 0.0535. The molecule has 1 aliphatic rings. The Morgan fingerprint density at radius 1 is 1.15 bits per heavy atom. The van der Waals surface area contributed by atoms with E-state index in [-0.39, 0.29) is 44.1 Å². The minimum Gasteiger partial charge on any atom is -0.492 e. The lowest BCUT2D eigenvalue weighted by atomic mass is 9.96. The lowest BCUT2D eigenvalue weighted by molar-refractivity contribution is -0.136. The number of aryl methyl sites for hydroxylation is 1. The second-order valence-electron chi connectivity index (χ2n) is 6.95. The fourth-order valence-corrected chi connectivity index (χ4v) is 4.29. The van der Waals surface area contributed by atoms with Gasteiger partial charge < -0.3 is 14.8 Å². The molecule has 0 fully saturated rings.